The van der Waals surface area contributed by atoms with Gasteiger partial charge in [0.2, 0.25) is 0 Å². The zero-order valence-electron chi connectivity index (χ0n) is 11.9. The van der Waals surface area contributed by atoms with Gasteiger partial charge in [0.05, 0.1) is 0 Å². The minimum atomic E-state index is 0.426. The summed E-state index contributed by atoms with van der Waals surface area (Å²) in [5.74, 6) is 0. The van der Waals surface area contributed by atoms with Crippen molar-refractivity contribution in [3.8, 4) is 0 Å². The molecular weight excluding hydrogens is 208 g/mol. The molecule has 0 atom stereocenters. The zero-order valence-corrected chi connectivity index (χ0v) is 11.9. The van der Waals surface area contributed by atoms with Crippen LogP contribution in [-0.2, 0) is 13.1 Å². The second kappa shape index (κ2) is 4.16. The maximum absolute atomic E-state index is 3.72. The van der Waals surface area contributed by atoms with Crippen LogP contribution in [0.4, 0.5) is 0 Å². The Morgan fingerprint density at radius 1 is 1.24 bits per heavy atom. The minimum absolute atomic E-state index is 0.426. The molecular formula is C15H26N2. The second-order valence-corrected chi connectivity index (χ2v) is 6.45. The van der Waals surface area contributed by atoms with E-state index in [0.29, 0.717) is 16.9 Å². The molecule has 0 radical (unpaired) electrons. The third-order valence-corrected chi connectivity index (χ3v) is 4.90. The summed E-state index contributed by atoms with van der Waals surface area (Å²) in [6.07, 6.45) is 3.38. The topological polar surface area (TPSA) is 17.0 Å². The van der Waals surface area contributed by atoms with Gasteiger partial charge in [0.1, 0.15) is 0 Å². The van der Waals surface area contributed by atoms with Crippen molar-refractivity contribution in [1.82, 2.24) is 9.88 Å². The van der Waals surface area contributed by atoms with Crippen molar-refractivity contribution >= 4 is 0 Å². The number of hydrogen-bond donors (Lipinski definition) is 1. The average molecular weight is 234 g/mol. The van der Waals surface area contributed by atoms with Crippen LogP contribution < -0.4 is 5.32 Å². The quantitative estimate of drug-likeness (QED) is 0.826. The summed E-state index contributed by atoms with van der Waals surface area (Å²) >= 11 is 0. The fourth-order valence-electron chi connectivity index (χ4n) is 2.98. The van der Waals surface area contributed by atoms with Gasteiger partial charge >= 0.3 is 0 Å². The smallest absolute Gasteiger partial charge is 0.0362 e. The molecule has 2 nitrogen and oxygen atoms in total. The number of aromatic nitrogens is 1. The Morgan fingerprint density at radius 3 is 2.41 bits per heavy atom. The second-order valence-electron chi connectivity index (χ2n) is 6.45. The van der Waals surface area contributed by atoms with Crippen LogP contribution in [0.25, 0.3) is 0 Å². The van der Waals surface area contributed by atoms with Gasteiger partial charge in [0.25, 0.3) is 0 Å². The predicted octanol–water partition coefficient (Wildman–Crippen LogP) is 3.42. The highest BCUT2D eigenvalue weighted by Gasteiger charge is 2.64. The first-order chi connectivity index (χ1) is 7.91. The van der Waals surface area contributed by atoms with Crippen molar-refractivity contribution in [2.75, 3.05) is 0 Å². The van der Waals surface area contributed by atoms with Gasteiger partial charge in [-0.3, -0.25) is 0 Å². The third-order valence-electron chi connectivity index (χ3n) is 4.90. The fourth-order valence-corrected chi connectivity index (χ4v) is 2.98. The predicted molar refractivity (Wildman–Crippen MR) is 72.9 cm³/mol. The molecule has 1 aliphatic carbocycles. The first-order valence-electron chi connectivity index (χ1n) is 6.78. The zero-order chi connectivity index (χ0) is 12.7. The van der Waals surface area contributed by atoms with Crippen molar-refractivity contribution in [3.63, 3.8) is 0 Å². The van der Waals surface area contributed by atoms with Gasteiger partial charge in [-0.05, 0) is 29.4 Å². The summed E-state index contributed by atoms with van der Waals surface area (Å²) in [5, 5.41) is 3.72. The summed E-state index contributed by atoms with van der Waals surface area (Å²) in [5.41, 5.74) is 2.26. The number of rotatable bonds is 5. The van der Waals surface area contributed by atoms with Gasteiger partial charge in [0, 0.05) is 31.0 Å². The van der Waals surface area contributed by atoms with E-state index in [1.165, 1.54) is 12.1 Å². The molecule has 0 aliphatic heterocycles. The van der Waals surface area contributed by atoms with Gasteiger partial charge in [-0.1, -0.05) is 34.6 Å². The van der Waals surface area contributed by atoms with E-state index in [-0.39, 0.29) is 0 Å². The molecule has 2 rings (SSSR count). The van der Waals surface area contributed by atoms with E-state index < -0.39 is 0 Å². The molecule has 0 spiro atoms. The highest BCUT2D eigenvalue weighted by atomic mass is 15.1. The molecule has 2 heteroatoms. The van der Waals surface area contributed by atoms with Crippen molar-refractivity contribution < 1.29 is 0 Å². The molecule has 0 bridgehead atoms. The van der Waals surface area contributed by atoms with E-state index in [9.17, 15) is 0 Å². The number of nitrogens with one attached hydrogen (secondary N) is 1. The lowest BCUT2D eigenvalue weighted by atomic mass is 10.0. The standard InChI is InChI=1S/C15H26N2/c1-6-9-17-10-7-8-12(17)11-16-13-14(2,3)15(13,4)5/h7-8,10,13,16H,6,9,11H2,1-5H3. The Morgan fingerprint density at radius 2 is 1.88 bits per heavy atom. The van der Waals surface area contributed by atoms with E-state index in [2.05, 4.69) is 62.8 Å². The summed E-state index contributed by atoms with van der Waals surface area (Å²) in [4.78, 5) is 0. The molecule has 1 aliphatic rings. The van der Waals surface area contributed by atoms with Gasteiger partial charge in [0.15, 0.2) is 0 Å². The molecule has 1 heterocycles. The molecule has 17 heavy (non-hydrogen) atoms. The van der Waals surface area contributed by atoms with Crippen LogP contribution in [0.1, 0.15) is 46.7 Å². The Labute approximate surface area is 105 Å². The molecule has 1 N–H and O–H groups in total. The Kier molecular flexibility index (Phi) is 3.11. The molecule has 0 amide bonds. The lowest BCUT2D eigenvalue weighted by molar-refractivity contribution is 0.457. The molecule has 1 fully saturated rings. The molecule has 0 aromatic carbocycles. The minimum Gasteiger partial charge on any atom is -0.350 e. The van der Waals surface area contributed by atoms with Crippen molar-refractivity contribution in [3.05, 3.63) is 24.0 Å². The largest absolute Gasteiger partial charge is 0.350 e. The lowest BCUT2D eigenvalue weighted by Gasteiger charge is -2.10. The van der Waals surface area contributed by atoms with E-state index in [4.69, 9.17) is 0 Å². The number of nitrogens with zero attached hydrogens (tertiary/aromatic N) is 1. The van der Waals surface area contributed by atoms with Crippen molar-refractivity contribution in [2.24, 2.45) is 10.8 Å². The van der Waals surface area contributed by atoms with Gasteiger partial charge < -0.3 is 9.88 Å². The van der Waals surface area contributed by atoms with Crippen LogP contribution in [0, 0.1) is 10.8 Å². The lowest BCUT2D eigenvalue weighted by Crippen LogP contribution is -2.23. The van der Waals surface area contributed by atoms with Gasteiger partial charge in [-0.25, -0.2) is 0 Å². The monoisotopic (exact) mass is 234 g/mol. The number of aryl methyl sites for hydroxylation is 1. The Bertz CT molecular complexity index is 373. The van der Waals surface area contributed by atoms with E-state index in [1.807, 2.05) is 0 Å². The first-order valence-corrected chi connectivity index (χ1v) is 6.78. The third kappa shape index (κ3) is 2.03. The maximum atomic E-state index is 3.72. The highest BCUT2D eigenvalue weighted by Crippen LogP contribution is 2.62. The van der Waals surface area contributed by atoms with Gasteiger partial charge in [-0.15, -0.1) is 0 Å². The Balaban J connectivity index is 1.93. The maximum Gasteiger partial charge on any atom is 0.0362 e. The highest BCUT2D eigenvalue weighted by molar-refractivity contribution is 5.18. The SMILES string of the molecule is CCCn1cccc1CNC1C(C)(C)C1(C)C. The summed E-state index contributed by atoms with van der Waals surface area (Å²) < 4.78 is 2.36. The Hall–Kier alpha value is -0.760. The van der Waals surface area contributed by atoms with Crippen LogP contribution >= 0.6 is 0 Å². The first kappa shape index (κ1) is 12.7. The summed E-state index contributed by atoms with van der Waals surface area (Å²) in [7, 11) is 0. The van der Waals surface area contributed by atoms with Crippen LogP contribution in [0.2, 0.25) is 0 Å². The van der Waals surface area contributed by atoms with Crippen molar-refractivity contribution in [2.45, 2.75) is 60.2 Å². The average Bonchev–Trinajstić information content (AvgIpc) is 2.59. The van der Waals surface area contributed by atoms with Crippen LogP contribution in [0.15, 0.2) is 18.3 Å². The van der Waals surface area contributed by atoms with Gasteiger partial charge in [-0.2, -0.15) is 0 Å². The normalized spacial score (nSPS) is 21.7. The molecule has 1 aromatic heterocycles. The van der Waals surface area contributed by atoms with Crippen LogP contribution in [-0.4, -0.2) is 10.6 Å². The number of hydrogen-bond acceptors (Lipinski definition) is 1. The molecule has 1 saturated carbocycles. The fraction of sp³-hybridized carbons (Fsp3) is 0.733. The summed E-state index contributed by atoms with van der Waals surface area (Å²) in [6.45, 7) is 13.8. The van der Waals surface area contributed by atoms with E-state index in [1.54, 1.807) is 0 Å². The molecule has 1 aromatic rings. The summed E-state index contributed by atoms with van der Waals surface area (Å²) in [6, 6.07) is 5.01. The molecule has 0 saturated heterocycles. The molecule has 96 valence electrons. The van der Waals surface area contributed by atoms with E-state index in [0.717, 1.165) is 13.1 Å². The van der Waals surface area contributed by atoms with Crippen LogP contribution in [0.5, 0.6) is 0 Å². The van der Waals surface area contributed by atoms with Crippen molar-refractivity contribution in [1.29, 1.82) is 0 Å². The van der Waals surface area contributed by atoms with Crippen LogP contribution in [0.3, 0.4) is 0 Å². The molecule has 0 unspecified atom stereocenters. The van der Waals surface area contributed by atoms with E-state index >= 15 is 0 Å².